The van der Waals surface area contributed by atoms with E-state index in [1.165, 1.54) is 18.2 Å². The number of halogens is 2. The molecule has 0 aliphatic heterocycles. The van der Waals surface area contributed by atoms with Gasteiger partial charge in [-0.15, -0.1) is 0 Å². The molecule has 0 aliphatic rings. The molecule has 0 bridgehead atoms. The Labute approximate surface area is 248 Å². The van der Waals surface area contributed by atoms with E-state index < -0.39 is 22.5 Å². The number of nitrogens with one attached hydrogen (secondary N) is 2. The Morgan fingerprint density at radius 1 is 0.829 bits per heavy atom. The second-order valence-electron chi connectivity index (χ2n) is 9.08. The summed E-state index contributed by atoms with van der Waals surface area (Å²) in [5, 5.41) is 7.73. The highest BCUT2D eigenvalue weighted by Crippen LogP contribution is 2.26. The quantitative estimate of drug-likeness (QED) is 0.172. The minimum absolute atomic E-state index is 0.0344. The molecule has 41 heavy (non-hydrogen) atoms. The molecule has 0 aliphatic carbocycles. The molecule has 0 heterocycles. The molecule has 8 nitrogen and oxygen atoms in total. The third-order valence-electron chi connectivity index (χ3n) is 5.97. The highest BCUT2D eigenvalue weighted by Gasteiger charge is 2.27. The average Bonchev–Trinajstić information content (AvgIpc) is 2.95. The van der Waals surface area contributed by atoms with E-state index in [2.05, 4.69) is 15.8 Å². The molecule has 2 N–H and O–H groups in total. The van der Waals surface area contributed by atoms with Crippen molar-refractivity contribution in [3.05, 3.63) is 124 Å². The lowest BCUT2D eigenvalue weighted by atomic mass is 10.1. The van der Waals surface area contributed by atoms with Crippen LogP contribution in [-0.2, 0) is 14.8 Å². The van der Waals surface area contributed by atoms with Gasteiger partial charge in [0, 0.05) is 21.3 Å². The van der Waals surface area contributed by atoms with Crippen LogP contribution in [0.5, 0.6) is 0 Å². The van der Waals surface area contributed by atoms with E-state index in [1.807, 2.05) is 6.92 Å². The Hall–Kier alpha value is -4.18. The number of rotatable bonds is 9. The lowest BCUT2D eigenvalue weighted by Crippen LogP contribution is -2.39. The monoisotopic (exact) mass is 608 g/mol. The zero-order chi connectivity index (χ0) is 29.6. The van der Waals surface area contributed by atoms with Crippen molar-refractivity contribution in [2.45, 2.75) is 18.7 Å². The van der Waals surface area contributed by atoms with Gasteiger partial charge in [0.15, 0.2) is 0 Å². The van der Waals surface area contributed by atoms with E-state index in [9.17, 15) is 18.0 Å². The predicted octanol–water partition coefficient (Wildman–Crippen LogP) is 6.29. The molecule has 210 valence electrons. The van der Waals surface area contributed by atoms with Crippen molar-refractivity contribution in [3.8, 4) is 0 Å². The Kier molecular flexibility index (Phi) is 9.44. The minimum Gasteiger partial charge on any atom is -0.322 e. The molecule has 0 aromatic heterocycles. The molecule has 0 spiro atoms. The average molecular weight is 610 g/mol. The SMILES string of the molecule is C/C(=N/NC(=O)CN(c1cccc(Cl)c1)S(=O)(=O)c1ccc(C)cc1)c1cccc(NC(=O)c2cccc(Cl)c2)c1. The molecule has 4 aromatic rings. The molecule has 0 fully saturated rings. The van der Waals surface area contributed by atoms with Gasteiger partial charge in [0.25, 0.3) is 21.8 Å². The lowest BCUT2D eigenvalue weighted by molar-refractivity contribution is -0.119. The van der Waals surface area contributed by atoms with Gasteiger partial charge in [0.05, 0.1) is 16.3 Å². The van der Waals surface area contributed by atoms with E-state index in [0.29, 0.717) is 32.6 Å². The van der Waals surface area contributed by atoms with Gasteiger partial charge in [-0.3, -0.25) is 13.9 Å². The first kappa shape index (κ1) is 29.8. The van der Waals surface area contributed by atoms with E-state index in [-0.39, 0.29) is 16.5 Å². The van der Waals surface area contributed by atoms with Gasteiger partial charge in [0.1, 0.15) is 6.54 Å². The maximum Gasteiger partial charge on any atom is 0.264 e. The van der Waals surface area contributed by atoms with E-state index >= 15 is 0 Å². The number of hydrogen-bond donors (Lipinski definition) is 2. The number of hydrazone groups is 1. The van der Waals surface area contributed by atoms with Gasteiger partial charge in [-0.2, -0.15) is 5.10 Å². The number of nitrogens with zero attached hydrogens (tertiary/aromatic N) is 2. The largest absolute Gasteiger partial charge is 0.322 e. The second-order valence-corrected chi connectivity index (χ2v) is 11.8. The van der Waals surface area contributed by atoms with Crippen molar-refractivity contribution < 1.29 is 18.0 Å². The predicted molar refractivity (Wildman–Crippen MR) is 163 cm³/mol. The summed E-state index contributed by atoms with van der Waals surface area (Å²) in [5.74, 6) is -0.992. The number of benzene rings is 4. The first-order valence-corrected chi connectivity index (χ1v) is 14.6. The number of hydrogen-bond acceptors (Lipinski definition) is 5. The number of carbonyl (C=O) groups excluding carboxylic acids is 2. The summed E-state index contributed by atoms with van der Waals surface area (Å²) in [6, 6.07) is 26.1. The molecule has 4 rings (SSSR count). The van der Waals surface area contributed by atoms with Gasteiger partial charge < -0.3 is 5.32 Å². The standard InChI is InChI=1S/C30H26Cl2N4O4S/c1-20-12-14-28(15-13-20)41(39,40)36(27-11-5-9-25(32)18-27)19-29(37)35-34-21(2)22-6-4-10-26(17-22)33-30(38)23-7-3-8-24(31)16-23/h3-18H,19H2,1-2H3,(H,33,38)(H,35,37)/b34-21-. The van der Waals surface area contributed by atoms with E-state index in [1.54, 1.807) is 85.8 Å². The van der Waals surface area contributed by atoms with Crippen LogP contribution in [0.4, 0.5) is 11.4 Å². The third-order valence-corrected chi connectivity index (χ3v) is 8.22. The van der Waals surface area contributed by atoms with Crippen LogP contribution in [0.25, 0.3) is 0 Å². The molecule has 0 saturated heterocycles. The molecule has 0 atom stereocenters. The number of aryl methyl sites for hydroxylation is 1. The third kappa shape index (κ3) is 7.73. The maximum absolute atomic E-state index is 13.5. The number of amides is 2. The fraction of sp³-hybridized carbons (Fsp3) is 0.100. The highest BCUT2D eigenvalue weighted by molar-refractivity contribution is 7.92. The van der Waals surface area contributed by atoms with Crippen LogP contribution in [0.15, 0.2) is 107 Å². The Balaban J connectivity index is 1.50. The molecular formula is C30H26Cl2N4O4S. The van der Waals surface area contributed by atoms with E-state index in [0.717, 1.165) is 9.87 Å². The van der Waals surface area contributed by atoms with Crippen LogP contribution in [0, 0.1) is 6.92 Å². The first-order valence-electron chi connectivity index (χ1n) is 12.4. The molecule has 0 saturated carbocycles. The summed E-state index contributed by atoms with van der Waals surface area (Å²) in [4.78, 5) is 25.6. The number of carbonyl (C=O) groups is 2. The fourth-order valence-electron chi connectivity index (χ4n) is 3.82. The summed E-state index contributed by atoms with van der Waals surface area (Å²) >= 11 is 12.1. The maximum atomic E-state index is 13.5. The van der Waals surface area contributed by atoms with Gasteiger partial charge in [0.2, 0.25) is 0 Å². The van der Waals surface area contributed by atoms with Gasteiger partial charge in [-0.1, -0.05) is 65.2 Å². The summed E-state index contributed by atoms with van der Waals surface area (Å²) < 4.78 is 28.0. The van der Waals surface area contributed by atoms with Crippen LogP contribution in [0.1, 0.15) is 28.4 Å². The smallest absolute Gasteiger partial charge is 0.264 e. The van der Waals surface area contributed by atoms with Crippen LogP contribution in [-0.4, -0.2) is 32.5 Å². The summed E-state index contributed by atoms with van der Waals surface area (Å²) in [5.41, 5.74) is 5.56. The van der Waals surface area contributed by atoms with Gasteiger partial charge in [-0.05, 0) is 80.1 Å². The molecule has 2 amide bonds. The normalized spacial score (nSPS) is 11.6. The number of anilines is 2. The van der Waals surface area contributed by atoms with Crippen molar-refractivity contribution in [1.82, 2.24) is 5.43 Å². The van der Waals surface area contributed by atoms with Crippen LogP contribution in [0.3, 0.4) is 0 Å². The molecule has 0 unspecified atom stereocenters. The molecule has 4 aromatic carbocycles. The summed E-state index contributed by atoms with van der Waals surface area (Å²) in [7, 11) is -4.10. The van der Waals surface area contributed by atoms with Crippen LogP contribution < -0.4 is 15.0 Å². The highest BCUT2D eigenvalue weighted by atomic mass is 35.5. The summed E-state index contributed by atoms with van der Waals surface area (Å²) in [6.45, 7) is 2.99. The lowest BCUT2D eigenvalue weighted by Gasteiger charge is -2.24. The summed E-state index contributed by atoms with van der Waals surface area (Å²) in [6.07, 6.45) is 0. The first-order chi connectivity index (χ1) is 19.5. The van der Waals surface area contributed by atoms with Crippen LogP contribution in [0.2, 0.25) is 10.0 Å². The van der Waals surface area contributed by atoms with Crippen molar-refractivity contribution >= 4 is 62.1 Å². The molecule has 0 radical (unpaired) electrons. The number of sulfonamides is 1. The molecule has 11 heteroatoms. The van der Waals surface area contributed by atoms with Crippen molar-refractivity contribution in [2.24, 2.45) is 5.10 Å². The van der Waals surface area contributed by atoms with Gasteiger partial charge in [-0.25, -0.2) is 13.8 Å². The molecular weight excluding hydrogens is 583 g/mol. The van der Waals surface area contributed by atoms with Crippen molar-refractivity contribution in [1.29, 1.82) is 0 Å². The second kappa shape index (κ2) is 13.0. The van der Waals surface area contributed by atoms with E-state index in [4.69, 9.17) is 23.2 Å². The van der Waals surface area contributed by atoms with Gasteiger partial charge >= 0.3 is 0 Å². The fourth-order valence-corrected chi connectivity index (χ4v) is 5.60. The zero-order valence-corrected chi connectivity index (χ0v) is 24.5. The van der Waals surface area contributed by atoms with Crippen LogP contribution >= 0.6 is 23.2 Å². The Bertz CT molecular complexity index is 1720. The van der Waals surface area contributed by atoms with Crippen molar-refractivity contribution in [3.63, 3.8) is 0 Å². The Morgan fingerprint density at radius 2 is 1.46 bits per heavy atom. The van der Waals surface area contributed by atoms with Crippen molar-refractivity contribution in [2.75, 3.05) is 16.2 Å². The minimum atomic E-state index is -4.10. The Morgan fingerprint density at radius 3 is 2.15 bits per heavy atom. The zero-order valence-electron chi connectivity index (χ0n) is 22.1. The topological polar surface area (TPSA) is 108 Å².